The Morgan fingerprint density at radius 2 is 2.17 bits per heavy atom. The standard InChI is InChI=1S/C7H9ClF2N2/c1-3-12-6(8)4(2)5(11-12)7(9)10/h7H,3H2,1-2H3. The molecule has 0 saturated carbocycles. The van der Waals surface area contributed by atoms with Crippen molar-refractivity contribution in [2.45, 2.75) is 26.8 Å². The summed E-state index contributed by atoms with van der Waals surface area (Å²) >= 11 is 5.73. The molecule has 5 heteroatoms. The fourth-order valence-corrected chi connectivity index (χ4v) is 1.22. The van der Waals surface area contributed by atoms with Gasteiger partial charge in [-0.25, -0.2) is 8.78 Å². The van der Waals surface area contributed by atoms with E-state index in [9.17, 15) is 8.78 Å². The minimum atomic E-state index is -2.55. The van der Waals surface area contributed by atoms with E-state index in [1.165, 1.54) is 4.68 Å². The number of aryl methyl sites for hydroxylation is 1. The maximum atomic E-state index is 12.2. The van der Waals surface area contributed by atoms with Gasteiger partial charge in [0.1, 0.15) is 10.8 Å². The first-order valence-corrected chi connectivity index (χ1v) is 3.96. The van der Waals surface area contributed by atoms with E-state index in [0.29, 0.717) is 17.3 Å². The van der Waals surface area contributed by atoms with Crippen molar-refractivity contribution in [2.75, 3.05) is 0 Å². The van der Waals surface area contributed by atoms with Crippen LogP contribution in [0.5, 0.6) is 0 Å². The summed E-state index contributed by atoms with van der Waals surface area (Å²) in [5.41, 5.74) is 0.148. The Balaban J connectivity index is 3.16. The van der Waals surface area contributed by atoms with Crippen molar-refractivity contribution in [3.63, 3.8) is 0 Å². The van der Waals surface area contributed by atoms with Crippen molar-refractivity contribution in [3.05, 3.63) is 16.4 Å². The Morgan fingerprint density at radius 3 is 2.42 bits per heavy atom. The number of halogens is 3. The SMILES string of the molecule is CCn1nc(C(F)F)c(C)c1Cl. The number of nitrogens with zero attached hydrogens (tertiary/aromatic N) is 2. The van der Waals surface area contributed by atoms with Crippen LogP contribution in [0.1, 0.15) is 24.6 Å². The highest BCUT2D eigenvalue weighted by Crippen LogP contribution is 2.26. The Hall–Kier alpha value is -0.640. The van der Waals surface area contributed by atoms with Crippen molar-refractivity contribution in [1.29, 1.82) is 0 Å². The van der Waals surface area contributed by atoms with Crippen LogP contribution >= 0.6 is 11.6 Å². The molecule has 0 saturated heterocycles. The first-order valence-electron chi connectivity index (χ1n) is 3.58. The highest BCUT2D eigenvalue weighted by molar-refractivity contribution is 6.30. The molecular weight excluding hydrogens is 186 g/mol. The van der Waals surface area contributed by atoms with Crippen molar-refractivity contribution in [2.24, 2.45) is 0 Å². The van der Waals surface area contributed by atoms with Crippen molar-refractivity contribution >= 4 is 11.6 Å². The maximum Gasteiger partial charge on any atom is 0.282 e. The molecule has 0 fully saturated rings. The van der Waals surface area contributed by atoms with E-state index in [0.717, 1.165) is 0 Å². The average molecular weight is 195 g/mol. The van der Waals surface area contributed by atoms with Crippen molar-refractivity contribution in [3.8, 4) is 0 Å². The summed E-state index contributed by atoms with van der Waals surface area (Å²) < 4.78 is 25.8. The quantitative estimate of drug-likeness (QED) is 0.708. The number of rotatable bonds is 2. The Bertz CT molecular complexity index is 283. The first-order chi connectivity index (χ1) is 5.57. The number of hydrogen-bond donors (Lipinski definition) is 0. The van der Waals surface area contributed by atoms with Gasteiger partial charge in [-0.15, -0.1) is 0 Å². The van der Waals surface area contributed by atoms with Crippen LogP contribution in [-0.2, 0) is 6.54 Å². The fourth-order valence-electron chi connectivity index (χ4n) is 0.965. The van der Waals surface area contributed by atoms with Gasteiger partial charge in [0.15, 0.2) is 0 Å². The van der Waals surface area contributed by atoms with Gasteiger partial charge >= 0.3 is 0 Å². The summed E-state index contributed by atoms with van der Waals surface area (Å²) in [4.78, 5) is 0. The second-order valence-corrected chi connectivity index (χ2v) is 2.78. The van der Waals surface area contributed by atoms with Gasteiger partial charge in [0.2, 0.25) is 0 Å². The van der Waals surface area contributed by atoms with E-state index in [1.54, 1.807) is 13.8 Å². The van der Waals surface area contributed by atoms with Gasteiger partial charge in [-0.3, -0.25) is 4.68 Å². The molecule has 1 rings (SSSR count). The van der Waals surface area contributed by atoms with E-state index < -0.39 is 6.43 Å². The molecule has 1 aromatic rings. The summed E-state index contributed by atoms with van der Waals surface area (Å²) in [6.07, 6.45) is -2.55. The van der Waals surface area contributed by atoms with Gasteiger partial charge in [-0.1, -0.05) is 11.6 Å². The fraction of sp³-hybridized carbons (Fsp3) is 0.571. The van der Waals surface area contributed by atoms with Crippen LogP contribution in [0.15, 0.2) is 0 Å². The van der Waals surface area contributed by atoms with E-state index in [2.05, 4.69) is 5.10 Å². The zero-order valence-corrected chi connectivity index (χ0v) is 7.57. The molecule has 68 valence electrons. The average Bonchev–Trinajstić information content (AvgIpc) is 2.30. The lowest BCUT2D eigenvalue weighted by Gasteiger charge is -1.94. The molecule has 0 amide bonds. The molecule has 0 spiro atoms. The molecule has 0 atom stereocenters. The predicted molar refractivity (Wildman–Crippen MR) is 42.6 cm³/mol. The minimum absolute atomic E-state index is 0.221. The van der Waals surface area contributed by atoms with Crippen molar-refractivity contribution < 1.29 is 8.78 Å². The summed E-state index contributed by atoms with van der Waals surface area (Å²) in [6, 6.07) is 0. The second-order valence-electron chi connectivity index (χ2n) is 2.42. The lowest BCUT2D eigenvalue weighted by atomic mass is 10.3. The summed E-state index contributed by atoms with van der Waals surface area (Å²) in [5.74, 6) is 0. The third-order valence-corrected chi connectivity index (χ3v) is 2.13. The summed E-state index contributed by atoms with van der Waals surface area (Å²) in [5, 5.41) is 3.96. The molecule has 0 radical (unpaired) electrons. The number of aromatic nitrogens is 2. The molecule has 12 heavy (non-hydrogen) atoms. The van der Waals surface area contributed by atoms with Gasteiger partial charge in [-0.05, 0) is 13.8 Å². The maximum absolute atomic E-state index is 12.2. The van der Waals surface area contributed by atoms with Crippen LogP contribution in [0.3, 0.4) is 0 Å². The normalized spacial score (nSPS) is 11.2. The Labute approximate surface area is 74.1 Å². The summed E-state index contributed by atoms with van der Waals surface area (Å²) in [6.45, 7) is 3.85. The Morgan fingerprint density at radius 1 is 1.58 bits per heavy atom. The van der Waals surface area contributed by atoms with Gasteiger partial charge in [0.25, 0.3) is 6.43 Å². The highest BCUT2D eigenvalue weighted by atomic mass is 35.5. The monoisotopic (exact) mass is 194 g/mol. The van der Waals surface area contributed by atoms with E-state index >= 15 is 0 Å². The number of hydrogen-bond acceptors (Lipinski definition) is 1. The van der Waals surface area contributed by atoms with Crippen molar-refractivity contribution in [1.82, 2.24) is 9.78 Å². The van der Waals surface area contributed by atoms with Gasteiger partial charge in [0.05, 0.1) is 0 Å². The predicted octanol–water partition coefficient (Wildman–Crippen LogP) is 2.80. The van der Waals surface area contributed by atoms with Crippen LogP contribution in [-0.4, -0.2) is 9.78 Å². The van der Waals surface area contributed by atoms with E-state index in [4.69, 9.17) is 11.6 Å². The molecule has 2 nitrogen and oxygen atoms in total. The number of alkyl halides is 2. The van der Waals surface area contributed by atoms with Crippen LogP contribution in [0.4, 0.5) is 8.78 Å². The van der Waals surface area contributed by atoms with Crippen LogP contribution in [0.2, 0.25) is 5.15 Å². The largest absolute Gasteiger partial charge is 0.282 e. The minimum Gasteiger partial charge on any atom is -0.254 e. The zero-order chi connectivity index (χ0) is 9.30. The third kappa shape index (κ3) is 1.43. The zero-order valence-electron chi connectivity index (χ0n) is 6.81. The molecule has 0 aliphatic heterocycles. The Kier molecular flexibility index (Phi) is 2.67. The lowest BCUT2D eigenvalue weighted by molar-refractivity contribution is 0.144. The third-order valence-electron chi connectivity index (χ3n) is 1.65. The lowest BCUT2D eigenvalue weighted by Crippen LogP contribution is -1.97. The molecule has 0 N–H and O–H groups in total. The molecule has 0 aliphatic rings. The molecule has 1 aromatic heterocycles. The molecule has 0 aromatic carbocycles. The smallest absolute Gasteiger partial charge is 0.254 e. The van der Waals surface area contributed by atoms with Gasteiger partial charge < -0.3 is 0 Å². The first kappa shape index (κ1) is 9.45. The molecule has 0 unspecified atom stereocenters. The van der Waals surface area contributed by atoms with E-state index in [-0.39, 0.29) is 5.69 Å². The summed E-state index contributed by atoms with van der Waals surface area (Å²) in [7, 11) is 0. The second kappa shape index (κ2) is 3.39. The molecular formula is C7H9ClF2N2. The van der Waals surface area contributed by atoms with Crippen LogP contribution < -0.4 is 0 Å². The van der Waals surface area contributed by atoms with Crippen LogP contribution in [0, 0.1) is 6.92 Å². The van der Waals surface area contributed by atoms with E-state index in [1.807, 2.05) is 0 Å². The molecule has 1 heterocycles. The van der Waals surface area contributed by atoms with Crippen LogP contribution in [0.25, 0.3) is 0 Å². The highest BCUT2D eigenvalue weighted by Gasteiger charge is 2.18. The molecule has 0 bridgehead atoms. The molecule has 0 aliphatic carbocycles. The van der Waals surface area contributed by atoms with Gasteiger partial charge in [0, 0.05) is 12.1 Å². The topological polar surface area (TPSA) is 17.8 Å². The van der Waals surface area contributed by atoms with Gasteiger partial charge in [-0.2, -0.15) is 5.10 Å².